The number of rotatable bonds is 5. The van der Waals surface area contributed by atoms with E-state index < -0.39 is 11.7 Å². The molecule has 0 saturated heterocycles. The van der Waals surface area contributed by atoms with Gasteiger partial charge in [0.25, 0.3) is 0 Å². The lowest BCUT2D eigenvalue weighted by Crippen LogP contribution is -2.26. The molecule has 1 aliphatic rings. The van der Waals surface area contributed by atoms with Crippen molar-refractivity contribution in [3.63, 3.8) is 0 Å². The summed E-state index contributed by atoms with van der Waals surface area (Å²) in [7, 11) is 1.66. The number of methoxy groups -OCH3 is 1. The lowest BCUT2D eigenvalue weighted by Gasteiger charge is -2.29. The predicted octanol–water partition coefficient (Wildman–Crippen LogP) is 4.54. The molecule has 0 amide bonds. The van der Waals surface area contributed by atoms with Crippen LogP contribution in [-0.2, 0) is 9.47 Å². The average molecular weight is 290 g/mol. The maximum absolute atomic E-state index is 12.8. The maximum Gasteiger partial charge on any atom is 0.416 e. The minimum absolute atomic E-state index is 0.0126. The van der Waals surface area contributed by atoms with Gasteiger partial charge in [-0.2, -0.15) is 13.2 Å². The molecule has 0 spiro atoms. The third kappa shape index (κ3) is 4.40. The van der Waals surface area contributed by atoms with Gasteiger partial charge in [0.05, 0.1) is 17.8 Å². The van der Waals surface area contributed by atoms with E-state index in [2.05, 4.69) is 13.2 Å². The number of hydrogen-bond acceptors (Lipinski definition) is 2. The van der Waals surface area contributed by atoms with Crippen LogP contribution in [0.5, 0.6) is 0 Å². The van der Waals surface area contributed by atoms with Crippen molar-refractivity contribution < 1.29 is 22.6 Å². The molecule has 0 aromatic heterocycles. The molecule has 1 rings (SSSR count). The second kappa shape index (κ2) is 6.97. The Labute approximate surface area is 117 Å². The lowest BCUT2D eigenvalue weighted by molar-refractivity contribution is -0.0893. The lowest BCUT2D eigenvalue weighted by atomic mass is 9.95. The van der Waals surface area contributed by atoms with Gasteiger partial charge in [-0.05, 0) is 32.6 Å². The van der Waals surface area contributed by atoms with Gasteiger partial charge in [0.15, 0.2) is 0 Å². The Morgan fingerprint density at radius 2 is 1.65 bits per heavy atom. The predicted molar refractivity (Wildman–Crippen MR) is 72.2 cm³/mol. The number of allylic oxidation sites excluding steroid dienone is 3. The van der Waals surface area contributed by atoms with E-state index in [1.807, 2.05) is 0 Å². The summed E-state index contributed by atoms with van der Waals surface area (Å²) in [6, 6.07) is 0. The summed E-state index contributed by atoms with van der Waals surface area (Å²) in [5.74, 6) is 0.0677. The van der Waals surface area contributed by atoms with Crippen LogP contribution in [-0.4, -0.2) is 25.5 Å². The van der Waals surface area contributed by atoms with Crippen LogP contribution >= 0.6 is 0 Å². The second-order valence-electron chi connectivity index (χ2n) is 4.92. The van der Waals surface area contributed by atoms with Gasteiger partial charge >= 0.3 is 6.18 Å². The van der Waals surface area contributed by atoms with E-state index in [1.165, 1.54) is 6.92 Å². The van der Waals surface area contributed by atoms with E-state index in [1.54, 1.807) is 7.11 Å². The highest BCUT2D eigenvalue weighted by molar-refractivity contribution is 5.36. The van der Waals surface area contributed by atoms with E-state index in [0.29, 0.717) is 0 Å². The van der Waals surface area contributed by atoms with E-state index in [4.69, 9.17) is 9.47 Å². The first-order valence-corrected chi connectivity index (χ1v) is 6.58. The molecule has 5 heteroatoms. The first-order chi connectivity index (χ1) is 9.29. The topological polar surface area (TPSA) is 18.5 Å². The molecule has 0 atom stereocenters. The zero-order chi connectivity index (χ0) is 15.3. The highest BCUT2D eigenvalue weighted by atomic mass is 19.4. The first-order valence-electron chi connectivity index (χ1n) is 6.58. The summed E-state index contributed by atoms with van der Waals surface area (Å²) in [6.45, 7) is 8.17. The maximum atomic E-state index is 12.8. The van der Waals surface area contributed by atoms with Crippen molar-refractivity contribution in [3.8, 4) is 0 Å². The molecule has 1 aliphatic carbocycles. The van der Waals surface area contributed by atoms with Gasteiger partial charge in [0, 0.05) is 12.7 Å². The second-order valence-corrected chi connectivity index (χ2v) is 4.92. The Morgan fingerprint density at radius 3 is 2.05 bits per heavy atom. The van der Waals surface area contributed by atoms with Gasteiger partial charge < -0.3 is 9.47 Å². The van der Waals surface area contributed by atoms with Gasteiger partial charge in [-0.25, -0.2) is 0 Å². The zero-order valence-corrected chi connectivity index (χ0v) is 11.9. The van der Waals surface area contributed by atoms with Gasteiger partial charge in [0.1, 0.15) is 5.76 Å². The fourth-order valence-electron chi connectivity index (χ4n) is 2.31. The van der Waals surface area contributed by atoms with E-state index in [9.17, 15) is 13.2 Å². The number of hydrogen-bond donors (Lipinski definition) is 0. The van der Waals surface area contributed by atoms with Crippen molar-refractivity contribution in [1.29, 1.82) is 0 Å². The summed E-state index contributed by atoms with van der Waals surface area (Å²) in [5, 5.41) is 0. The van der Waals surface area contributed by atoms with Crippen LogP contribution in [0.25, 0.3) is 0 Å². The molecule has 0 heterocycles. The molecule has 114 valence electrons. The zero-order valence-electron chi connectivity index (χ0n) is 11.9. The van der Waals surface area contributed by atoms with Crippen LogP contribution in [0.3, 0.4) is 0 Å². The Balaban J connectivity index is 2.67. The number of ether oxygens (including phenoxy) is 2. The molecule has 0 bridgehead atoms. The molecule has 0 radical (unpaired) electrons. The SMILES string of the molecule is C=C/C(=C(/C)C(=C)OC1CCC(OC)CC1)C(F)(F)F. The monoisotopic (exact) mass is 290 g/mol. The molecule has 0 aromatic carbocycles. The van der Waals surface area contributed by atoms with Crippen molar-refractivity contribution in [2.75, 3.05) is 7.11 Å². The minimum atomic E-state index is -4.44. The van der Waals surface area contributed by atoms with Crippen molar-refractivity contribution in [1.82, 2.24) is 0 Å². The molecular weight excluding hydrogens is 269 g/mol. The molecule has 20 heavy (non-hydrogen) atoms. The van der Waals surface area contributed by atoms with E-state index in [-0.39, 0.29) is 23.5 Å². The minimum Gasteiger partial charge on any atom is -0.491 e. The summed E-state index contributed by atoms with van der Waals surface area (Å²) < 4.78 is 49.1. The van der Waals surface area contributed by atoms with Crippen LogP contribution in [0.4, 0.5) is 13.2 Å². The standard InChI is InChI=1S/C15H21F3O2/c1-5-14(15(16,17)18)10(2)11(3)20-13-8-6-12(19-4)7-9-13/h5,12-13H,1,3,6-9H2,2,4H3/b14-10+. The highest BCUT2D eigenvalue weighted by Gasteiger charge is 2.34. The summed E-state index contributed by atoms with van der Waals surface area (Å²) in [5.41, 5.74) is -0.811. The number of halogens is 3. The normalized spacial score (nSPS) is 24.9. The third-order valence-electron chi connectivity index (χ3n) is 3.60. The van der Waals surface area contributed by atoms with Gasteiger partial charge in [-0.1, -0.05) is 19.2 Å². The fourth-order valence-corrected chi connectivity index (χ4v) is 2.31. The van der Waals surface area contributed by atoms with Gasteiger partial charge in [0.2, 0.25) is 0 Å². The molecular formula is C15H21F3O2. The summed E-state index contributed by atoms with van der Waals surface area (Å²) in [6.07, 6.45) is -0.282. The van der Waals surface area contributed by atoms with Crippen molar-refractivity contribution in [2.45, 2.75) is 51.0 Å². The molecule has 1 fully saturated rings. The molecule has 1 saturated carbocycles. The van der Waals surface area contributed by atoms with Crippen molar-refractivity contribution in [2.24, 2.45) is 0 Å². The smallest absolute Gasteiger partial charge is 0.416 e. The molecule has 0 aromatic rings. The Kier molecular flexibility index (Phi) is 5.87. The van der Waals surface area contributed by atoms with Crippen LogP contribution < -0.4 is 0 Å². The Morgan fingerprint density at radius 1 is 1.15 bits per heavy atom. The fraction of sp³-hybridized carbons (Fsp3) is 0.600. The molecule has 2 nitrogen and oxygen atoms in total. The van der Waals surface area contributed by atoms with Crippen LogP contribution in [0.15, 0.2) is 36.1 Å². The summed E-state index contributed by atoms with van der Waals surface area (Å²) in [4.78, 5) is 0. The molecule has 0 unspecified atom stereocenters. The highest BCUT2D eigenvalue weighted by Crippen LogP contribution is 2.33. The summed E-state index contributed by atoms with van der Waals surface area (Å²) >= 11 is 0. The van der Waals surface area contributed by atoms with Gasteiger partial charge in [-0.15, -0.1) is 0 Å². The largest absolute Gasteiger partial charge is 0.491 e. The number of alkyl halides is 3. The quantitative estimate of drug-likeness (QED) is 0.546. The third-order valence-corrected chi connectivity index (χ3v) is 3.60. The van der Waals surface area contributed by atoms with Crippen LogP contribution in [0.2, 0.25) is 0 Å². The Bertz CT molecular complexity index is 388. The van der Waals surface area contributed by atoms with Crippen molar-refractivity contribution in [3.05, 3.63) is 36.1 Å². The molecule has 0 N–H and O–H groups in total. The van der Waals surface area contributed by atoms with Crippen LogP contribution in [0, 0.1) is 0 Å². The van der Waals surface area contributed by atoms with Crippen LogP contribution in [0.1, 0.15) is 32.6 Å². The first kappa shape index (κ1) is 16.8. The van der Waals surface area contributed by atoms with E-state index >= 15 is 0 Å². The van der Waals surface area contributed by atoms with Crippen molar-refractivity contribution >= 4 is 0 Å². The average Bonchev–Trinajstić information content (AvgIpc) is 2.38. The van der Waals surface area contributed by atoms with Gasteiger partial charge in [-0.3, -0.25) is 0 Å². The van der Waals surface area contributed by atoms with E-state index in [0.717, 1.165) is 31.8 Å². The Hall–Kier alpha value is -1.23. The molecule has 0 aliphatic heterocycles.